The molecule has 0 aliphatic carbocycles. The van der Waals surface area contributed by atoms with Gasteiger partial charge in [0.25, 0.3) is 0 Å². The van der Waals surface area contributed by atoms with Crippen molar-refractivity contribution in [2.24, 2.45) is 5.73 Å². The summed E-state index contributed by atoms with van der Waals surface area (Å²) in [6, 6.07) is 4.63. The fraction of sp³-hybridized carbons (Fsp3) is 0.300. The van der Waals surface area contributed by atoms with Crippen LogP contribution in [0.25, 0.3) is 0 Å². The van der Waals surface area contributed by atoms with Gasteiger partial charge in [0.1, 0.15) is 11.6 Å². The Bertz CT molecular complexity index is 415. The van der Waals surface area contributed by atoms with Gasteiger partial charge < -0.3 is 20.7 Å². The third-order valence-corrected chi connectivity index (χ3v) is 2.43. The van der Waals surface area contributed by atoms with E-state index in [2.05, 4.69) is 0 Å². The molecule has 0 amide bonds. The van der Waals surface area contributed by atoms with Crippen LogP contribution in [0.15, 0.2) is 18.2 Å². The molecule has 0 bridgehead atoms. The Hall–Kier alpha value is -1.59. The van der Waals surface area contributed by atoms with E-state index in [1.54, 1.807) is 6.07 Å². The molecule has 1 aliphatic rings. The number of hydrogen-bond acceptors (Lipinski definition) is 4. The number of nitrogens with one attached hydrogen (secondary N) is 1. The summed E-state index contributed by atoms with van der Waals surface area (Å²) in [6.45, 7) is 0.237. The molecule has 1 aromatic rings. The van der Waals surface area contributed by atoms with Gasteiger partial charge in [0.15, 0.2) is 5.79 Å². The summed E-state index contributed by atoms with van der Waals surface area (Å²) in [6.07, 6.45) is 0.138. The van der Waals surface area contributed by atoms with Crippen LogP contribution in [-0.4, -0.2) is 22.7 Å². The van der Waals surface area contributed by atoms with E-state index in [4.69, 9.17) is 15.9 Å². The van der Waals surface area contributed by atoms with Gasteiger partial charge in [-0.15, -0.1) is 0 Å². The maximum atomic E-state index is 9.65. The monoisotopic (exact) mass is 208 g/mol. The highest BCUT2D eigenvalue weighted by atomic mass is 16.5. The average Bonchev–Trinajstić information content (AvgIpc) is 2.16. The summed E-state index contributed by atoms with van der Waals surface area (Å²) in [4.78, 5) is 0. The van der Waals surface area contributed by atoms with Crippen LogP contribution < -0.4 is 10.5 Å². The molecule has 15 heavy (non-hydrogen) atoms. The van der Waals surface area contributed by atoms with Crippen molar-refractivity contribution in [1.82, 2.24) is 0 Å². The lowest BCUT2D eigenvalue weighted by atomic mass is 9.98. The van der Waals surface area contributed by atoms with Crippen molar-refractivity contribution in [2.75, 3.05) is 6.61 Å². The maximum absolute atomic E-state index is 9.65. The second-order valence-corrected chi connectivity index (χ2v) is 3.54. The fourth-order valence-corrected chi connectivity index (χ4v) is 1.58. The van der Waals surface area contributed by atoms with E-state index in [0.717, 1.165) is 0 Å². The normalized spacial score (nSPS) is 17.7. The van der Waals surface area contributed by atoms with Gasteiger partial charge in [-0.2, -0.15) is 0 Å². The standard InChI is InChI=1S/C10H12N2O3/c11-9(12)6-1-2-7-8(5-6)15-4-3-10(7,13)14/h1-2,5,13-14H,3-4H2,(H3,11,12). The fourth-order valence-electron chi connectivity index (χ4n) is 1.58. The quantitative estimate of drug-likeness (QED) is 0.294. The van der Waals surface area contributed by atoms with Crippen LogP contribution in [0.5, 0.6) is 5.75 Å². The topological polar surface area (TPSA) is 99.6 Å². The molecule has 0 saturated heterocycles. The van der Waals surface area contributed by atoms with Gasteiger partial charge in [0, 0.05) is 12.0 Å². The van der Waals surface area contributed by atoms with Gasteiger partial charge in [-0.05, 0) is 12.1 Å². The van der Waals surface area contributed by atoms with Gasteiger partial charge in [0.05, 0.1) is 12.2 Å². The van der Waals surface area contributed by atoms with Crippen molar-refractivity contribution in [2.45, 2.75) is 12.2 Å². The molecule has 0 fully saturated rings. The maximum Gasteiger partial charge on any atom is 0.196 e. The number of ether oxygens (including phenoxy) is 1. The second-order valence-electron chi connectivity index (χ2n) is 3.54. The number of nitrogen functional groups attached to an aromatic ring is 1. The zero-order valence-electron chi connectivity index (χ0n) is 8.03. The van der Waals surface area contributed by atoms with Crippen LogP contribution in [0, 0.1) is 5.41 Å². The van der Waals surface area contributed by atoms with Gasteiger partial charge in [0.2, 0.25) is 0 Å². The Balaban J connectivity index is 2.50. The van der Waals surface area contributed by atoms with E-state index < -0.39 is 5.79 Å². The summed E-state index contributed by atoms with van der Waals surface area (Å²) in [5.74, 6) is -1.55. The summed E-state index contributed by atoms with van der Waals surface area (Å²) >= 11 is 0. The first kappa shape index (κ1) is 9.95. The lowest BCUT2D eigenvalue weighted by Gasteiger charge is -2.29. The van der Waals surface area contributed by atoms with Crippen molar-refractivity contribution in [3.8, 4) is 5.75 Å². The van der Waals surface area contributed by atoms with Crippen molar-refractivity contribution in [3.05, 3.63) is 29.3 Å². The third-order valence-electron chi connectivity index (χ3n) is 2.43. The molecule has 0 radical (unpaired) electrons. The zero-order valence-corrected chi connectivity index (χ0v) is 8.03. The van der Waals surface area contributed by atoms with Crippen molar-refractivity contribution in [3.63, 3.8) is 0 Å². The number of amidine groups is 1. The van der Waals surface area contributed by atoms with E-state index in [1.807, 2.05) is 0 Å². The van der Waals surface area contributed by atoms with E-state index in [-0.39, 0.29) is 18.9 Å². The summed E-state index contributed by atoms with van der Waals surface area (Å²) in [7, 11) is 0. The molecule has 1 aliphatic heterocycles. The molecule has 2 rings (SSSR count). The molecule has 0 atom stereocenters. The highest BCUT2D eigenvalue weighted by Crippen LogP contribution is 2.35. The van der Waals surface area contributed by atoms with Gasteiger partial charge in [-0.3, -0.25) is 5.41 Å². The smallest absolute Gasteiger partial charge is 0.196 e. The number of aliphatic hydroxyl groups is 2. The summed E-state index contributed by atoms with van der Waals surface area (Å²) in [5.41, 5.74) is 6.14. The largest absolute Gasteiger partial charge is 0.493 e. The molecular weight excluding hydrogens is 196 g/mol. The second kappa shape index (κ2) is 3.22. The molecule has 5 N–H and O–H groups in total. The SMILES string of the molecule is N=C(N)c1ccc2c(c1)OCCC2(O)O. The molecule has 0 saturated carbocycles. The van der Waals surface area contributed by atoms with Crippen LogP contribution in [0.1, 0.15) is 17.5 Å². The van der Waals surface area contributed by atoms with Crippen molar-refractivity contribution < 1.29 is 14.9 Å². The molecule has 1 heterocycles. The predicted molar refractivity (Wildman–Crippen MR) is 53.7 cm³/mol. The lowest BCUT2D eigenvalue weighted by molar-refractivity contribution is -0.187. The van der Waals surface area contributed by atoms with Crippen molar-refractivity contribution in [1.29, 1.82) is 5.41 Å². The molecule has 0 spiro atoms. The van der Waals surface area contributed by atoms with E-state index in [1.165, 1.54) is 12.1 Å². The molecule has 0 unspecified atom stereocenters. The Morgan fingerprint density at radius 1 is 1.47 bits per heavy atom. The van der Waals surface area contributed by atoms with E-state index in [0.29, 0.717) is 16.9 Å². The Morgan fingerprint density at radius 3 is 2.87 bits per heavy atom. The van der Waals surface area contributed by atoms with Gasteiger partial charge >= 0.3 is 0 Å². The predicted octanol–water partition coefficient (Wildman–Crippen LogP) is -0.109. The minimum atomic E-state index is -1.84. The molecule has 0 aromatic heterocycles. The third kappa shape index (κ3) is 1.67. The van der Waals surface area contributed by atoms with E-state index >= 15 is 0 Å². The molecule has 5 heteroatoms. The first-order valence-electron chi connectivity index (χ1n) is 4.57. The minimum absolute atomic E-state index is 0.0755. The van der Waals surface area contributed by atoms with Crippen LogP contribution in [-0.2, 0) is 5.79 Å². The Morgan fingerprint density at radius 2 is 2.20 bits per heavy atom. The highest BCUT2D eigenvalue weighted by Gasteiger charge is 2.33. The van der Waals surface area contributed by atoms with Gasteiger partial charge in [-0.25, -0.2) is 0 Å². The van der Waals surface area contributed by atoms with Crippen LogP contribution >= 0.6 is 0 Å². The van der Waals surface area contributed by atoms with Crippen LogP contribution in [0.2, 0.25) is 0 Å². The van der Waals surface area contributed by atoms with Gasteiger partial charge in [-0.1, -0.05) is 6.07 Å². The molecular formula is C10H12N2O3. The first-order valence-corrected chi connectivity index (χ1v) is 4.57. The summed E-state index contributed by atoms with van der Waals surface area (Å²) < 4.78 is 5.28. The highest BCUT2D eigenvalue weighted by molar-refractivity contribution is 5.95. The number of benzene rings is 1. The Labute approximate surface area is 86.6 Å². The minimum Gasteiger partial charge on any atom is -0.493 e. The first-order chi connectivity index (χ1) is 7.00. The number of nitrogens with two attached hydrogens (primary N) is 1. The van der Waals surface area contributed by atoms with Crippen LogP contribution in [0.3, 0.4) is 0 Å². The zero-order chi connectivity index (χ0) is 11.1. The molecule has 5 nitrogen and oxygen atoms in total. The lowest BCUT2D eigenvalue weighted by Crippen LogP contribution is -2.32. The molecule has 80 valence electrons. The summed E-state index contributed by atoms with van der Waals surface area (Å²) in [5, 5.41) is 26.5. The number of rotatable bonds is 1. The van der Waals surface area contributed by atoms with E-state index in [9.17, 15) is 10.2 Å². The Kier molecular flexibility index (Phi) is 2.13. The number of fused-ring (bicyclic) bond motifs is 1. The van der Waals surface area contributed by atoms with Crippen LogP contribution in [0.4, 0.5) is 0 Å². The molecule has 1 aromatic carbocycles. The average molecular weight is 208 g/mol. The number of hydrogen-bond donors (Lipinski definition) is 4. The van der Waals surface area contributed by atoms with Crippen molar-refractivity contribution >= 4 is 5.84 Å².